The van der Waals surface area contributed by atoms with Crippen molar-refractivity contribution in [3.8, 4) is 0 Å². The topological polar surface area (TPSA) is 247 Å². The summed E-state index contributed by atoms with van der Waals surface area (Å²) < 4.78 is 0. The highest BCUT2D eigenvalue weighted by Crippen LogP contribution is 2.04. The Hall–Kier alpha value is -2.28. The molecule has 26 heavy (non-hydrogen) atoms. The number of carbonyl (C=O) groups is 4. The number of aliphatic hydroxyl groups excluding tert-OH is 1. The molecule has 0 fully saturated rings. The molecule has 0 aromatic heterocycles. The van der Waals surface area contributed by atoms with Crippen LogP contribution in [0, 0.1) is 5.92 Å². The van der Waals surface area contributed by atoms with Crippen molar-refractivity contribution in [3.05, 3.63) is 0 Å². The third kappa shape index (κ3) is 16.6. The van der Waals surface area contributed by atoms with Gasteiger partial charge >= 0.3 is 23.9 Å². The first-order chi connectivity index (χ1) is 11.7. The van der Waals surface area contributed by atoms with E-state index in [1.54, 1.807) is 0 Å². The molecule has 0 aliphatic rings. The summed E-state index contributed by atoms with van der Waals surface area (Å²) in [4.78, 5) is 39.6. The Labute approximate surface area is 150 Å². The van der Waals surface area contributed by atoms with E-state index in [0.717, 1.165) is 6.42 Å². The largest absolute Gasteiger partial charge is 0.481 e. The second kappa shape index (κ2) is 15.0. The normalized spacial score (nSPS) is 15.5. The molecule has 0 aliphatic heterocycles. The number of hydrogen-bond donors (Lipinski definition) is 8. The average molecular weight is 383 g/mol. The minimum Gasteiger partial charge on any atom is -0.481 e. The third-order valence-corrected chi connectivity index (χ3v) is 3.06. The van der Waals surface area contributed by atoms with Crippen LogP contribution in [0.15, 0.2) is 0 Å². The third-order valence-electron chi connectivity index (χ3n) is 3.06. The van der Waals surface area contributed by atoms with Crippen LogP contribution in [-0.2, 0) is 19.2 Å². The van der Waals surface area contributed by atoms with Gasteiger partial charge in [0.25, 0.3) is 0 Å². The molecule has 0 unspecified atom stereocenters. The molecule has 0 saturated carbocycles. The van der Waals surface area contributed by atoms with Crippen LogP contribution in [0.5, 0.6) is 0 Å². The molecule has 0 saturated heterocycles. The molecule has 0 spiro atoms. The summed E-state index contributed by atoms with van der Waals surface area (Å²) >= 11 is 0. The molecule has 0 aromatic carbocycles. The zero-order valence-corrected chi connectivity index (χ0v) is 14.9. The average Bonchev–Trinajstić information content (AvgIpc) is 2.52. The van der Waals surface area contributed by atoms with Crippen molar-refractivity contribution in [1.29, 1.82) is 0 Å². The SMILES string of the molecule is CC[C@H](C)[C@H](N)C(=O)O.C[C@@H](O)[C@H](N)C(=O)O.N[C@@H](CC(=O)O)C(=O)O. The van der Waals surface area contributed by atoms with Crippen LogP contribution in [0.2, 0.25) is 0 Å². The van der Waals surface area contributed by atoms with Gasteiger partial charge in [-0.3, -0.25) is 19.2 Å². The van der Waals surface area contributed by atoms with Crippen molar-refractivity contribution in [2.24, 2.45) is 23.1 Å². The maximum Gasteiger partial charge on any atom is 0.323 e. The van der Waals surface area contributed by atoms with Crippen molar-refractivity contribution in [1.82, 2.24) is 0 Å². The van der Waals surface area contributed by atoms with Crippen molar-refractivity contribution in [3.63, 3.8) is 0 Å². The Bertz CT molecular complexity index is 457. The van der Waals surface area contributed by atoms with E-state index in [1.165, 1.54) is 6.92 Å². The predicted molar refractivity (Wildman–Crippen MR) is 90.2 cm³/mol. The van der Waals surface area contributed by atoms with Crippen molar-refractivity contribution in [2.45, 2.75) is 57.8 Å². The highest BCUT2D eigenvalue weighted by molar-refractivity contribution is 5.80. The number of nitrogens with two attached hydrogens (primary N) is 3. The summed E-state index contributed by atoms with van der Waals surface area (Å²) in [7, 11) is 0. The monoisotopic (exact) mass is 383 g/mol. The molecule has 11 N–H and O–H groups in total. The summed E-state index contributed by atoms with van der Waals surface area (Å²) in [6.07, 6.45) is -0.699. The van der Waals surface area contributed by atoms with E-state index in [9.17, 15) is 19.2 Å². The quantitative estimate of drug-likeness (QED) is 0.229. The minimum absolute atomic E-state index is 0.0718. The van der Waals surface area contributed by atoms with Gasteiger partial charge in [0.15, 0.2) is 0 Å². The van der Waals surface area contributed by atoms with Crippen molar-refractivity contribution >= 4 is 23.9 Å². The molecule has 154 valence electrons. The lowest BCUT2D eigenvalue weighted by molar-refractivity contribution is -0.144. The van der Waals surface area contributed by atoms with E-state index in [0.29, 0.717) is 0 Å². The van der Waals surface area contributed by atoms with Crippen molar-refractivity contribution in [2.75, 3.05) is 0 Å². The van der Waals surface area contributed by atoms with E-state index >= 15 is 0 Å². The second-order valence-electron chi connectivity index (χ2n) is 5.40. The summed E-state index contributed by atoms with van der Waals surface area (Å²) in [5, 5.41) is 40.9. The summed E-state index contributed by atoms with van der Waals surface area (Å²) in [5.74, 6) is -4.52. The highest BCUT2D eigenvalue weighted by atomic mass is 16.4. The number of carboxylic acid groups (broad SMARTS) is 4. The van der Waals surface area contributed by atoms with Gasteiger partial charge in [-0.05, 0) is 12.8 Å². The molecule has 0 aliphatic carbocycles. The van der Waals surface area contributed by atoms with Gasteiger partial charge in [0.2, 0.25) is 0 Å². The summed E-state index contributed by atoms with van der Waals surface area (Å²) in [6, 6.07) is -3.15. The first-order valence-corrected chi connectivity index (χ1v) is 7.53. The number of aliphatic carboxylic acids is 4. The van der Waals surface area contributed by atoms with Crippen LogP contribution in [-0.4, -0.2) is 73.6 Å². The fourth-order valence-corrected chi connectivity index (χ4v) is 0.979. The Morgan fingerprint density at radius 1 is 0.808 bits per heavy atom. The molecule has 0 bridgehead atoms. The van der Waals surface area contributed by atoms with Gasteiger partial charge < -0.3 is 42.7 Å². The molecule has 12 nitrogen and oxygen atoms in total. The Morgan fingerprint density at radius 2 is 1.19 bits per heavy atom. The summed E-state index contributed by atoms with van der Waals surface area (Å²) in [6.45, 7) is 5.09. The number of aliphatic hydroxyl groups is 1. The molecule has 12 heteroatoms. The van der Waals surface area contributed by atoms with Crippen LogP contribution >= 0.6 is 0 Å². The van der Waals surface area contributed by atoms with Crippen LogP contribution < -0.4 is 17.2 Å². The predicted octanol–water partition coefficient (Wildman–Crippen LogP) is -1.90. The highest BCUT2D eigenvalue weighted by Gasteiger charge is 2.17. The van der Waals surface area contributed by atoms with Gasteiger partial charge in [-0.2, -0.15) is 0 Å². The zero-order valence-electron chi connectivity index (χ0n) is 14.9. The van der Waals surface area contributed by atoms with E-state index in [2.05, 4.69) is 0 Å². The van der Waals surface area contributed by atoms with Gasteiger partial charge in [0, 0.05) is 0 Å². The number of carboxylic acids is 4. The molecule has 5 atom stereocenters. The Balaban J connectivity index is -0.000000306. The molecule has 0 rings (SSSR count). The smallest absolute Gasteiger partial charge is 0.323 e. The number of hydrogen-bond acceptors (Lipinski definition) is 8. The van der Waals surface area contributed by atoms with E-state index in [-0.39, 0.29) is 5.92 Å². The van der Waals surface area contributed by atoms with Gasteiger partial charge in [-0.25, -0.2) is 0 Å². The first-order valence-electron chi connectivity index (χ1n) is 7.53. The molecule has 0 radical (unpaired) electrons. The van der Waals surface area contributed by atoms with Crippen LogP contribution in [0.25, 0.3) is 0 Å². The van der Waals surface area contributed by atoms with Crippen LogP contribution in [0.4, 0.5) is 0 Å². The molecule has 0 amide bonds. The lowest BCUT2D eigenvalue weighted by Gasteiger charge is -2.11. The fraction of sp³-hybridized carbons (Fsp3) is 0.714. The molecular formula is C14H29N3O9. The van der Waals surface area contributed by atoms with E-state index < -0.39 is 54.5 Å². The van der Waals surface area contributed by atoms with Crippen LogP contribution in [0.3, 0.4) is 0 Å². The summed E-state index contributed by atoms with van der Waals surface area (Å²) in [5.41, 5.74) is 15.0. The lowest BCUT2D eigenvalue weighted by Crippen LogP contribution is -2.39. The first kappa shape index (κ1) is 28.5. The van der Waals surface area contributed by atoms with E-state index in [1.807, 2.05) is 13.8 Å². The van der Waals surface area contributed by atoms with E-state index in [4.69, 9.17) is 42.7 Å². The standard InChI is InChI=1S/C6H13NO2.C4H7NO4.C4H9NO3/c1-3-4(2)5(7)6(8)9;5-2(4(8)9)1-3(6)7;1-2(6)3(5)4(7)8/h4-5H,3,7H2,1-2H3,(H,8,9);2H,1,5H2,(H,6,7)(H,8,9);2-3,6H,5H2,1H3,(H,7,8)/t4-,5-;2-;2-,3+/m001/s1. The van der Waals surface area contributed by atoms with Crippen molar-refractivity contribution < 1.29 is 44.7 Å². The molecule has 0 aromatic rings. The number of rotatable bonds is 8. The Morgan fingerprint density at radius 3 is 1.27 bits per heavy atom. The fourth-order valence-electron chi connectivity index (χ4n) is 0.979. The Kier molecular flexibility index (Phi) is 16.5. The van der Waals surface area contributed by atoms with Gasteiger partial charge in [-0.15, -0.1) is 0 Å². The van der Waals surface area contributed by atoms with Crippen LogP contribution in [0.1, 0.15) is 33.6 Å². The molecule has 0 heterocycles. The second-order valence-corrected chi connectivity index (χ2v) is 5.40. The maximum absolute atomic E-state index is 10.2. The molecular weight excluding hydrogens is 354 g/mol. The zero-order chi connectivity index (χ0) is 21.6. The minimum atomic E-state index is -1.29. The lowest BCUT2D eigenvalue weighted by atomic mass is 10.0. The van der Waals surface area contributed by atoms with Gasteiger partial charge in [0.05, 0.1) is 12.5 Å². The van der Waals surface area contributed by atoms with Gasteiger partial charge in [0.1, 0.15) is 18.1 Å². The van der Waals surface area contributed by atoms with Gasteiger partial charge in [-0.1, -0.05) is 20.3 Å². The maximum atomic E-state index is 10.2.